The van der Waals surface area contributed by atoms with E-state index in [1.54, 1.807) is 0 Å². The summed E-state index contributed by atoms with van der Waals surface area (Å²) in [4.78, 5) is 14.9. The number of hydrogen-bond donors (Lipinski definition) is 0. The number of ether oxygens (including phenoxy) is 1. The Morgan fingerprint density at radius 3 is 2.50 bits per heavy atom. The molecule has 2 fully saturated rings. The number of likely N-dealkylation sites (tertiary alicyclic amines) is 1. The Balaban J connectivity index is 1.46. The molecular formula is C26H36BNO4. The maximum Gasteiger partial charge on any atom is 0.494 e. The molecule has 4 rings (SSSR count). The fourth-order valence-corrected chi connectivity index (χ4v) is 4.65. The van der Waals surface area contributed by atoms with E-state index in [1.165, 1.54) is 6.42 Å². The Bertz CT molecular complexity index is 955. The minimum atomic E-state index is -0.398. The van der Waals surface area contributed by atoms with E-state index in [9.17, 15) is 4.79 Å². The summed E-state index contributed by atoms with van der Waals surface area (Å²) in [6.45, 7) is 11.4. The van der Waals surface area contributed by atoms with Crippen molar-refractivity contribution in [3.63, 3.8) is 0 Å². The number of rotatable bonds is 6. The van der Waals surface area contributed by atoms with Gasteiger partial charge in [-0.1, -0.05) is 37.6 Å². The second-order valence-corrected chi connectivity index (χ2v) is 10.2. The van der Waals surface area contributed by atoms with Crippen LogP contribution in [-0.4, -0.2) is 48.3 Å². The molecule has 0 bridgehead atoms. The zero-order valence-electron chi connectivity index (χ0n) is 20.1. The second-order valence-electron chi connectivity index (χ2n) is 10.2. The molecule has 0 aliphatic carbocycles. The van der Waals surface area contributed by atoms with Crippen LogP contribution >= 0.6 is 0 Å². The van der Waals surface area contributed by atoms with E-state index in [2.05, 4.69) is 52.8 Å². The molecule has 2 aromatic carbocycles. The maximum absolute atomic E-state index is 12.8. The Labute approximate surface area is 192 Å². The molecule has 1 amide bonds. The number of nitrogens with zero attached hydrogens (tertiary/aromatic N) is 1. The van der Waals surface area contributed by atoms with Crippen molar-refractivity contribution in [2.45, 2.75) is 84.0 Å². The van der Waals surface area contributed by atoms with Gasteiger partial charge in [-0.15, -0.1) is 0 Å². The van der Waals surface area contributed by atoms with Gasteiger partial charge >= 0.3 is 7.12 Å². The first kappa shape index (κ1) is 23.1. The van der Waals surface area contributed by atoms with Crippen molar-refractivity contribution in [1.29, 1.82) is 0 Å². The van der Waals surface area contributed by atoms with E-state index < -0.39 is 7.12 Å². The third-order valence-corrected chi connectivity index (χ3v) is 7.29. The van der Waals surface area contributed by atoms with Gasteiger partial charge in [-0.2, -0.15) is 0 Å². The normalized spacial score (nSPS) is 22.3. The predicted octanol–water partition coefficient (Wildman–Crippen LogP) is 4.70. The monoisotopic (exact) mass is 437 g/mol. The Morgan fingerprint density at radius 1 is 1.06 bits per heavy atom. The van der Waals surface area contributed by atoms with E-state index in [-0.39, 0.29) is 23.7 Å². The van der Waals surface area contributed by atoms with Crippen molar-refractivity contribution in [1.82, 2.24) is 4.90 Å². The summed E-state index contributed by atoms with van der Waals surface area (Å²) in [7, 11) is -0.398. The maximum atomic E-state index is 12.8. The molecule has 0 N–H and O–H groups in total. The zero-order chi connectivity index (χ0) is 22.9. The predicted molar refractivity (Wildman–Crippen MR) is 129 cm³/mol. The van der Waals surface area contributed by atoms with Gasteiger partial charge in [0.2, 0.25) is 0 Å². The average Bonchev–Trinajstić information content (AvgIpc) is 2.99. The number of benzene rings is 2. The lowest BCUT2D eigenvalue weighted by Gasteiger charge is -2.35. The van der Waals surface area contributed by atoms with Gasteiger partial charge in [-0.25, -0.2) is 0 Å². The molecule has 0 saturated carbocycles. The molecule has 1 atom stereocenters. The summed E-state index contributed by atoms with van der Waals surface area (Å²) in [5, 5.41) is 2.16. The highest BCUT2D eigenvalue weighted by Gasteiger charge is 2.51. The minimum absolute atomic E-state index is 0.0860. The topological polar surface area (TPSA) is 48.0 Å². The third-order valence-electron chi connectivity index (χ3n) is 7.29. The Morgan fingerprint density at radius 2 is 1.78 bits per heavy atom. The first-order valence-corrected chi connectivity index (χ1v) is 12.0. The van der Waals surface area contributed by atoms with Crippen LogP contribution in [0.15, 0.2) is 36.4 Å². The molecule has 2 aliphatic heterocycles. The largest absolute Gasteiger partial charge is 0.494 e. The molecule has 6 heteroatoms. The quantitative estimate of drug-likeness (QED) is 0.615. The van der Waals surface area contributed by atoms with Crippen molar-refractivity contribution in [3.8, 4) is 5.75 Å². The van der Waals surface area contributed by atoms with Crippen LogP contribution in [-0.2, 0) is 14.1 Å². The van der Waals surface area contributed by atoms with Gasteiger partial charge in [-0.05, 0) is 81.7 Å². The summed E-state index contributed by atoms with van der Waals surface area (Å²) in [6.07, 6.45) is 5.58. The zero-order valence-corrected chi connectivity index (χ0v) is 20.1. The Hall–Kier alpha value is -2.05. The van der Waals surface area contributed by atoms with Crippen molar-refractivity contribution >= 4 is 29.3 Å². The van der Waals surface area contributed by atoms with Gasteiger partial charge in [-0.3, -0.25) is 4.79 Å². The van der Waals surface area contributed by atoms with Gasteiger partial charge in [0.05, 0.1) is 11.2 Å². The molecule has 0 aromatic heterocycles. The van der Waals surface area contributed by atoms with Crippen LogP contribution in [0, 0.1) is 0 Å². The highest BCUT2D eigenvalue weighted by Crippen LogP contribution is 2.36. The van der Waals surface area contributed by atoms with Crippen LogP contribution in [0.4, 0.5) is 0 Å². The van der Waals surface area contributed by atoms with Crippen LogP contribution in [0.25, 0.3) is 10.8 Å². The fraction of sp³-hybridized carbons (Fsp3) is 0.577. The molecule has 2 aliphatic rings. The second kappa shape index (κ2) is 9.07. The van der Waals surface area contributed by atoms with Crippen molar-refractivity contribution in [3.05, 3.63) is 36.4 Å². The summed E-state index contributed by atoms with van der Waals surface area (Å²) < 4.78 is 18.3. The minimum Gasteiger partial charge on any atom is -0.484 e. The van der Waals surface area contributed by atoms with E-state index in [1.807, 2.05) is 23.1 Å². The summed E-state index contributed by atoms with van der Waals surface area (Å²) in [6, 6.07) is 12.6. The standard InChI is InChI=1S/C26H36BNO4/c1-6-9-22-10-7-8-15-28(22)24(29)18-30-23-14-12-19-11-13-21(16-20(19)17-23)27-31-25(2,3)26(4,5)32-27/h11-14,16-17,22H,6-10,15,18H2,1-5H3. The summed E-state index contributed by atoms with van der Waals surface area (Å²) in [5.74, 6) is 0.801. The van der Waals surface area contributed by atoms with E-state index >= 15 is 0 Å². The van der Waals surface area contributed by atoms with Crippen LogP contribution < -0.4 is 10.2 Å². The number of carbonyl (C=O) groups is 1. The van der Waals surface area contributed by atoms with Gasteiger partial charge in [0.1, 0.15) is 5.75 Å². The lowest BCUT2D eigenvalue weighted by molar-refractivity contribution is -0.137. The molecule has 2 saturated heterocycles. The molecule has 2 aromatic rings. The summed E-state index contributed by atoms with van der Waals surface area (Å²) in [5.41, 5.74) is 0.240. The van der Waals surface area contributed by atoms with E-state index in [0.717, 1.165) is 48.5 Å². The van der Waals surface area contributed by atoms with Crippen molar-refractivity contribution in [2.24, 2.45) is 0 Å². The third kappa shape index (κ3) is 4.67. The van der Waals surface area contributed by atoms with Gasteiger partial charge in [0, 0.05) is 12.6 Å². The number of amides is 1. The summed E-state index contributed by atoms with van der Waals surface area (Å²) >= 11 is 0. The van der Waals surface area contributed by atoms with E-state index in [4.69, 9.17) is 14.0 Å². The molecule has 0 spiro atoms. The van der Waals surface area contributed by atoms with Crippen LogP contribution in [0.5, 0.6) is 5.75 Å². The SMILES string of the molecule is CCCC1CCCCN1C(=O)COc1ccc2ccc(B3OC(C)(C)C(C)(C)O3)cc2c1. The van der Waals surface area contributed by atoms with Gasteiger partial charge in [0.15, 0.2) is 6.61 Å². The number of hydrogen-bond acceptors (Lipinski definition) is 4. The average molecular weight is 437 g/mol. The first-order chi connectivity index (χ1) is 15.2. The molecule has 2 heterocycles. The Kier molecular flexibility index (Phi) is 6.55. The van der Waals surface area contributed by atoms with Crippen molar-refractivity contribution in [2.75, 3.05) is 13.2 Å². The number of carbonyl (C=O) groups excluding carboxylic acids is 1. The number of piperidine rings is 1. The van der Waals surface area contributed by atoms with Crippen molar-refractivity contribution < 1.29 is 18.8 Å². The van der Waals surface area contributed by atoms with Crippen LogP contribution in [0.3, 0.4) is 0 Å². The molecule has 32 heavy (non-hydrogen) atoms. The highest BCUT2D eigenvalue weighted by atomic mass is 16.7. The molecule has 1 unspecified atom stereocenters. The number of fused-ring (bicyclic) bond motifs is 1. The van der Waals surface area contributed by atoms with Gasteiger partial charge in [0.25, 0.3) is 5.91 Å². The lowest BCUT2D eigenvalue weighted by Crippen LogP contribution is -2.45. The highest BCUT2D eigenvalue weighted by molar-refractivity contribution is 6.62. The molecule has 5 nitrogen and oxygen atoms in total. The fourth-order valence-electron chi connectivity index (χ4n) is 4.65. The van der Waals surface area contributed by atoms with Gasteiger partial charge < -0.3 is 18.9 Å². The van der Waals surface area contributed by atoms with E-state index in [0.29, 0.717) is 11.8 Å². The smallest absolute Gasteiger partial charge is 0.484 e. The van der Waals surface area contributed by atoms with Crippen LogP contribution in [0.2, 0.25) is 0 Å². The molecule has 172 valence electrons. The first-order valence-electron chi connectivity index (χ1n) is 12.0. The van der Waals surface area contributed by atoms with Crippen LogP contribution in [0.1, 0.15) is 66.7 Å². The molecular weight excluding hydrogens is 401 g/mol. The lowest BCUT2D eigenvalue weighted by atomic mass is 9.78. The molecule has 0 radical (unpaired) electrons.